The van der Waals surface area contributed by atoms with Crippen molar-refractivity contribution in [3.8, 4) is 0 Å². The summed E-state index contributed by atoms with van der Waals surface area (Å²) in [6.45, 7) is 5.75. The summed E-state index contributed by atoms with van der Waals surface area (Å²) in [7, 11) is 0. The Labute approximate surface area is 97.5 Å². The van der Waals surface area contributed by atoms with Crippen molar-refractivity contribution in [1.82, 2.24) is 15.0 Å². The first-order chi connectivity index (χ1) is 7.24. The van der Waals surface area contributed by atoms with E-state index < -0.39 is 0 Å². The molecule has 0 aromatic carbocycles. The second-order valence-electron chi connectivity index (χ2n) is 2.61. The van der Waals surface area contributed by atoms with Crippen LogP contribution in [0.5, 0.6) is 0 Å². The van der Waals surface area contributed by atoms with Crippen LogP contribution in [-0.4, -0.2) is 28.0 Å². The third-order valence-corrected chi connectivity index (χ3v) is 2.63. The van der Waals surface area contributed by atoms with Crippen molar-refractivity contribution in [2.24, 2.45) is 10.3 Å². The standard InChI is InChI=1S/C7H14N6S2/c1-3-13(4-2)5-10-6(14-8)12-7(11-5)15-9/h3-4,8-9H2,1-2H3. The van der Waals surface area contributed by atoms with Crippen LogP contribution < -0.4 is 15.2 Å². The first-order valence-electron chi connectivity index (χ1n) is 4.49. The molecule has 8 heteroatoms. The van der Waals surface area contributed by atoms with Gasteiger partial charge in [0.15, 0.2) is 0 Å². The Morgan fingerprint density at radius 1 is 1.00 bits per heavy atom. The smallest absolute Gasteiger partial charge is 0.230 e. The fourth-order valence-electron chi connectivity index (χ4n) is 1.08. The maximum atomic E-state index is 5.42. The molecule has 1 aromatic rings. The van der Waals surface area contributed by atoms with Gasteiger partial charge in [-0.25, -0.2) is 0 Å². The lowest BCUT2D eigenvalue weighted by Gasteiger charge is -2.18. The molecule has 6 nitrogen and oxygen atoms in total. The number of hydrogen-bond acceptors (Lipinski definition) is 8. The van der Waals surface area contributed by atoms with Gasteiger partial charge in [-0.1, -0.05) is 0 Å². The molecule has 0 bridgehead atoms. The Hall–Kier alpha value is -0.570. The quantitative estimate of drug-likeness (QED) is 0.731. The van der Waals surface area contributed by atoms with Crippen LogP contribution in [0.3, 0.4) is 0 Å². The Balaban J connectivity index is 3.05. The molecule has 1 rings (SSSR count). The van der Waals surface area contributed by atoms with Crippen LogP contribution in [0.4, 0.5) is 5.95 Å². The molecule has 1 heterocycles. The molecule has 0 saturated carbocycles. The first-order valence-corrected chi connectivity index (χ1v) is 6.25. The predicted octanol–water partition coefficient (Wildman–Crippen LogP) is 0.649. The van der Waals surface area contributed by atoms with Gasteiger partial charge in [-0.15, -0.1) is 0 Å². The summed E-state index contributed by atoms with van der Waals surface area (Å²) in [5, 5.41) is 11.8. The molecular weight excluding hydrogens is 232 g/mol. The molecule has 1 aromatic heterocycles. The molecule has 0 fully saturated rings. The van der Waals surface area contributed by atoms with Gasteiger partial charge in [0, 0.05) is 13.1 Å². The number of rotatable bonds is 5. The first kappa shape index (κ1) is 12.5. The minimum Gasteiger partial charge on any atom is -0.341 e. The average molecular weight is 246 g/mol. The maximum absolute atomic E-state index is 5.42. The van der Waals surface area contributed by atoms with E-state index >= 15 is 0 Å². The topological polar surface area (TPSA) is 94.0 Å². The van der Waals surface area contributed by atoms with Crippen molar-refractivity contribution in [1.29, 1.82) is 0 Å². The molecule has 0 amide bonds. The fourth-order valence-corrected chi connectivity index (χ4v) is 1.69. The molecule has 0 aliphatic heterocycles. The zero-order chi connectivity index (χ0) is 11.3. The van der Waals surface area contributed by atoms with Crippen LogP contribution in [0.1, 0.15) is 13.8 Å². The molecule has 0 aliphatic carbocycles. The van der Waals surface area contributed by atoms with Gasteiger partial charge >= 0.3 is 0 Å². The zero-order valence-corrected chi connectivity index (χ0v) is 10.3. The van der Waals surface area contributed by atoms with E-state index in [0.717, 1.165) is 37.0 Å². The molecule has 0 saturated heterocycles. The van der Waals surface area contributed by atoms with Crippen molar-refractivity contribution in [3.63, 3.8) is 0 Å². The zero-order valence-electron chi connectivity index (χ0n) is 8.67. The molecule has 0 radical (unpaired) electrons. The normalized spacial score (nSPS) is 10.4. The molecular formula is C7H14N6S2. The Morgan fingerprint density at radius 3 is 1.80 bits per heavy atom. The van der Waals surface area contributed by atoms with Crippen LogP contribution in [0, 0.1) is 0 Å². The second kappa shape index (κ2) is 6.11. The highest BCUT2D eigenvalue weighted by Gasteiger charge is 2.10. The summed E-state index contributed by atoms with van der Waals surface area (Å²) in [6.07, 6.45) is 0. The van der Waals surface area contributed by atoms with Crippen molar-refractivity contribution in [3.05, 3.63) is 0 Å². The summed E-state index contributed by atoms with van der Waals surface area (Å²) in [5.41, 5.74) is 0. The van der Waals surface area contributed by atoms with Gasteiger partial charge in [0.25, 0.3) is 0 Å². The summed E-state index contributed by atoms with van der Waals surface area (Å²) < 4.78 is 0. The van der Waals surface area contributed by atoms with Crippen molar-refractivity contribution in [2.45, 2.75) is 24.2 Å². The number of aromatic nitrogens is 3. The highest BCUT2D eigenvalue weighted by molar-refractivity contribution is 7.97. The van der Waals surface area contributed by atoms with Gasteiger partial charge in [-0.2, -0.15) is 15.0 Å². The Morgan fingerprint density at radius 2 is 1.47 bits per heavy atom. The van der Waals surface area contributed by atoms with Crippen LogP contribution in [-0.2, 0) is 0 Å². The van der Waals surface area contributed by atoms with Gasteiger partial charge in [-0.3, -0.25) is 10.3 Å². The van der Waals surface area contributed by atoms with E-state index in [4.69, 9.17) is 10.3 Å². The van der Waals surface area contributed by atoms with Crippen molar-refractivity contribution in [2.75, 3.05) is 18.0 Å². The lowest BCUT2D eigenvalue weighted by Crippen LogP contribution is -2.25. The van der Waals surface area contributed by atoms with E-state index in [0.29, 0.717) is 16.3 Å². The molecule has 15 heavy (non-hydrogen) atoms. The van der Waals surface area contributed by atoms with Gasteiger partial charge in [0.05, 0.1) is 0 Å². The molecule has 4 N–H and O–H groups in total. The van der Waals surface area contributed by atoms with E-state index in [1.54, 1.807) is 0 Å². The van der Waals surface area contributed by atoms with E-state index in [2.05, 4.69) is 15.0 Å². The van der Waals surface area contributed by atoms with Crippen LogP contribution in [0.25, 0.3) is 0 Å². The van der Waals surface area contributed by atoms with Crippen LogP contribution >= 0.6 is 23.9 Å². The minimum atomic E-state index is 0.486. The Kier molecular flexibility index (Phi) is 5.09. The highest BCUT2D eigenvalue weighted by Crippen LogP contribution is 2.16. The third-order valence-electron chi connectivity index (χ3n) is 1.84. The lowest BCUT2D eigenvalue weighted by molar-refractivity contribution is 0.737. The van der Waals surface area contributed by atoms with Crippen LogP contribution in [0.2, 0.25) is 0 Å². The van der Waals surface area contributed by atoms with Gasteiger partial charge < -0.3 is 4.90 Å². The number of anilines is 1. The predicted molar refractivity (Wildman–Crippen MR) is 63.5 cm³/mol. The van der Waals surface area contributed by atoms with Gasteiger partial charge in [-0.05, 0) is 37.7 Å². The highest BCUT2D eigenvalue weighted by atomic mass is 32.2. The lowest BCUT2D eigenvalue weighted by atomic mass is 10.5. The van der Waals surface area contributed by atoms with Crippen LogP contribution in [0.15, 0.2) is 10.3 Å². The number of hydrogen-bond donors (Lipinski definition) is 2. The molecule has 0 aliphatic rings. The molecule has 0 atom stereocenters. The summed E-state index contributed by atoms with van der Waals surface area (Å²) >= 11 is 1.99. The van der Waals surface area contributed by atoms with E-state index in [9.17, 15) is 0 Å². The number of nitrogens with zero attached hydrogens (tertiary/aromatic N) is 4. The monoisotopic (exact) mass is 246 g/mol. The Bertz CT molecular complexity index is 294. The van der Waals surface area contributed by atoms with Crippen molar-refractivity contribution < 1.29 is 0 Å². The SMILES string of the molecule is CCN(CC)c1nc(SN)nc(SN)n1. The summed E-state index contributed by atoms with van der Waals surface area (Å²) in [5.74, 6) is 0.621. The molecule has 0 unspecified atom stereocenters. The second-order valence-corrected chi connectivity index (χ2v) is 3.81. The largest absolute Gasteiger partial charge is 0.341 e. The summed E-state index contributed by atoms with van der Waals surface area (Å²) in [6, 6.07) is 0. The van der Waals surface area contributed by atoms with E-state index in [1.165, 1.54) is 0 Å². The summed E-state index contributed by atoms with van der Waals surface area (Å²) in [4.78, 5) is 14.5. The molecule has 0 spiro atoms. The number of nitrogens with two attached hydrogens (primary N) is 2. The average Bonchev–Trinajstić information content (AvgIpc) is 2.30. The molecule has 84 valence electrons. The third kappa shape index (κ3) is 3.20. The van der Waals surface area contributed by atoms with Gasteiger partial charge in [0.2, 0.25) is 16.3 Å². The van der Waals surface area contributed by atoms with Crippen molar-refractivity contribution >= 4 is 29.8 Å². The van der Waals surface area contributed by atoms with E-state index in [-0.39, 0.29) is 0 Å². The fraction of sp³-hybridized carbons (Fsp3) is 0.571. The van der Waals surface area contributed by atoms with E-state index in [1.807, 2.05) is 18.7 Å². The minimum absolute atomic E-state index is 0.486. The maximum Gasteiger partial charge on any atom is 0.230 e. The van der Waals surface area contributed by atoms with Gasteiger partial charge in [0.1, 0.15) is 0 Å².